The van der Waals surface area contributed by atoms with Crippen molar-refractivity contribution < 1.29 is 8.81 Å². The molecule has 0 saturated carbocycles. The molecule has 2 aromatic rings. The van der Waals surface area contributed by atoms with Gasteiger partial charge in [-0.25, -0.2) is 4.39 Å². The second-order valence-corrected chi connectivity index (χ2v) is 4.79. The molecule has 3 heteroatoms. The molecule has 1 unspecified atom stereocenters. The first kappa shape index (κ1) is 13.8. The van der Waals surface area contributed by atoms with Crippen LogP contribution in [0.4, 0.5) is 4.39 Å². The number of hydrogen-bond acceptors (Lipinski definition) is 2. The number of aryl methyl sites for hydroxylation is 1. The summed E-state index contributed by atoms with van der Waals surface area (Å²) >= 11 is 0. The number of furan rings is 1. The standard InChI is InChI=1S/C16H20FNO/c1-3-8-18-16(11-14-5-4-9-19-14)15-10-13(17)7-6-12(15)2/h4-7,9-10,16,18H,3,8,11H2,1-2H3. The van der Waals surface area contributed by atoms with Gasteiger partial charge in [0.25, 0.3) is 0 Å². The van der Waals surface area contributed by atoms with Gasteiger partial charge in [-0.05, 0) is 55.3 Å². The van der Waals surface area contributed by atoms with E-state index in [9.17, 15) is 4.39 Å². The van der Waals surface area contributed by atoms with E-state index in [-0.39, 0.29) is 11.9 Å². The number of hydrogen-bond donors (Lipinski definition) is 1. The first-order valence-electron chi connectivity index (χ1n) is 6.72. The zero-order valence-corrected chi connectivity index (χ0v) is 11.4. The van der Waals surface area contributed by atoms with Crippen molar-refractivity contribution >= 4 is 0 Å². The lowest BCUT2D eigenvalue weighted by atomic mass is 9.97. The van der Waals surface area contributed by atoms with Crippen molar-refractivity contribution in [3.8, 4) is 0 Å². The van der Waals surface area contributed by atoms with E-state index in [0.29, 0.717) is 0 Å². The van der Waals surface area contributed by atoms with E-state index < -0.39 is 0 Å². The second kappa shape index (κ2) is 6.53. The second-order valence-electron chi connectivity index (χ2n) is 4.79. The molecule has 0 aliphatic carbocycles. The van der Waals surface area contributed by atoms with Crippen molar-refractivity contribution in [1.82, 2.24) is 5.32 Å². The van der Waals surface area contributed by atoms with Crippen molar-refractivity contribution in [1.29, 1.82) is 0 Å². The first-order valence-corrected chi connectivity index (χ1v) is 6.72. The van der Waals surface area contributed by atoms with E-state index in [4.69, 9.17) is 4.42 Å². The Hall–Kier alpha value is -1.61. The maximum absolute atomic E-state index is 13.5. The van der Waals surface area contributed by atoms with Gasteiger partial charge in [0.2, 0.25) is 0 Å². The van der Waals surface area contributed by atoms with Gasteiger partial charge >= 0.3 is 0 Å². The SMILES string of the molecule is CCCNC(Cc1ccco1)c1cc(F)ccc1C. The first-order chi connectivity index (χ1) is 9.20. The van der Waals surface area contributed by atoms with Gasteiger partial charge in [-0.2, -0.15) is 0 Å². The molecule has 1 aromatic carbocycles. The third-order valence-electron chi connectivity index (χ3n) is 3.24. The monoisotopic (exact) mass is 261 g/mol. The van der Waals surface area contributed by atoms with Crippen molar-refractivity contribution in [2.24, 2.45) is 0 Å². The number of nitrogens with one attached hydrogen (secondary N) is 1. The smallest absolute Gasteiger partial charge is 0.123 e. The van der Waals surface area contributed by atoms with Crippen LogP contribution < -0.4 is 5.32 Å². The fourth-order valence-electron chi connectivity index (χ4n) is 2.23. The summed E-state index contributed by atoms with van der Waals surface area (Å²) in [6.07, 6.45) is 3.45. The summed E-state index contributed by atoms with van der Waals surface area (Å²) in [5, 5.41) is 3.47. The number of rotatable bonds is 6. The molecule has 1 atom stereocenters. The molecule has 0 aliphatic heterocycles. The Kier molecular flexibility index (Phi) is 4.74. The van der Waals surface area contributed by atoms with Crippen molar-refractivity contribution in [3.05, 3.63) is 59.3 Å². The van der Waals surface area contributed by atoms with Crippen LogP contribution in [0.25, 0.3) is 0 Å². The van der Waals surface area contributed by atoms with E-state index >= 15 is 0 Å². The third kappa shape index (κ3) is 3.67. The highest BCUT2D eigenvalue weighted by Gasteiger charge is 2.16. The Balaban J connectivity index is 2.23. The topological polar surface area (TPSA) is 25.2 Å². The molecule has 0 bridgehead atoms. The molecule has 0 aliphatic rings. The molecule has 1 aromatic heterocycles. The molecular weight excluding hydrogens is 241 g/mol. The van der Waals surface area contributed by atoms with Crippen LogP contribution in [-0.2, 0) is 6.42 Å². The lowest BCUT2D eigenvalue weighted by Crippen LogP contribution is -2.24. The normalized spacial score (nSPS) is 12.6. The van der Waals surface area contributed by atoms with Crippen LogP contribution in [-0.4, -0.2) is 6.54 Å². The highest BCUT2D eigenvalue weighted by molar-refractivity contribution is 5.30. The summed E-state index contributed by atoms with van der Waals surface area (Å²) in [5.74, 6) is 0.723. The van der Waals surface area contributed by atoms with Crippen LogP contribution in [0.3, 0.4) is 0 Å². The van der Waals surface area contributed by atoms with E-state index in [0.717, 1.165) is 36.3 Å². The molecule has 1 N–H and O–H groups in total. The van der Waals surface area contributed by atoms with Gasteiger partial charge in [-0.1, -0.05) is 13.0 Å². The summed E-state index contributed by atoms with van der Waals surface area (Å²) in [5.41, 5.74) is 2.10. The quantitative estimate of drug-likeness (QED) is 0.850. The predicted molar refractivity (Wildman–Crippen MR) is 74.6 cm³/mol. The van der Waals surface area contributed by atoms with Gasteiger partial charge in [-0.3, -0.25) is 0 Å². The Morgan fingerprint density at radius 1 is 1.32 bits per heavy atom. The number of halogens is 1. The molecular formula is C16H20FNO. The van der Waals surface area contributed by atoms with Crippen LogP contribution in [0.15, 0.2) is 41.0 Å². The van der Waals surface area contributed by atoms with Gasteiger partial charge in [0.15, 0.2) is 0 Å². The Bertz CT molecular complexity index is 507. The van der Waals surface area contributed by atoms with Crippen LogP contribution in [0, 0.1) is 12.7 Å². The molecule has 0 spiro atoms. The summed E-state index contributed by atoms with van der Waals surface area (Å²) in [4.78, 5) is 0. The van der Waals surface area contributed by atoms with Crippen LogP contribution >= 0.6 is 0 Å². The van der Waals surface area contributed by atoms with Crippen molar-refractivity contribution in [2.75, 3.05) is 6.54 Å². The minimum absolute atomic E-state index is 0.0850. The number of benzene rings is 1. The van der Waals surface area contributed by atoms with Crippen molar-refractivity contribution in [2.45, 2.75) is 32.7 Å². The zero-order chi connectivity index (χ0) is 13.7. The third-order valence-corrected chi connectivity index (χ3v) is 3.24. The Morgan fingerprint density at radius 2 is 2.16 bits per heavy atom. The lowest BCUT2D eigenvalue weighted by molar-refractivity contribution is 0.447. The van der Waals surface area contributed by atoms with Crippen LogP contribution in [0.5, 0.6) is 0 Å². The zero-order valence-electron chi connectivity index (χ0n) is 11.4. The molecule has 0 amide bonds. The Morgan fingerprint density at radius 3 is 2.84 bits per heavy atom. The average Bonchev–Trinajstić information content (AvgIpc) is 2.90. The molecule has 0 radical (unpaired) electrons. The summed E-state index contributed by atoms with van der Waals surface area (Å²) in [7, 11) is 0. The fraction of sp³-hybridized carbons (Fsp3) is 0.375. The summed E-state index contributed by atoms with van der Waals surface area (Å²) in [6, 6.07) is 8.86. The lowest BCUT2D eigenvalue weighted by Gasteiger charge is -2.20. The summed E-state index contributed by atoms with van der Waals surface area (Å²) in [6.45, 7) is 5.04. The maximum Gasteiger partial charge on any atom is 0.123 e. The van der Waals surface area contributed by atoms with Gasteiger partial charge in [0, 0.05) is 12.5 Å². The molecule has 0 fully saturated rings. The minimum atomic E-state index is -0.191. The molecule has 0 saturated heterocycles. The van der Waals surface area contributed by atoms with Crippen molar-refractivity contribution in [3.63, 3.8) is 0 Å². The van der Waals surface area contributed by atoms with Crippen LogP contribution in [0.2, 0.25) is 0 Å². The highest BCUT2D eigenvalue weighted by Crippen LogP contribution is 2.23. The van der Waals surface area contributed by atoms with E-state index in [1.54, 1.807) is 12.3 Å². The molecule has 19 heavy (non-hydrogen) atoms. The van der Waals surface area contributed by atoms with Gasteiger partial charge < -0.3 is 9.73 Å². The largest absolute Gasteiger partial charge is 0.469 e. The summed E-state index contributed by atoms with van der Waals surface area (Å²) < 4.78 is 18.9. The van der Waals surface area contributed by atoms with E-state index in [2.05, 4.69) is 12.2 Å². The van der Waals surface area contributed by atoms with E-state index in [1.807, 2.05) is 25.1 Å². The molecule has 2 nitrogen and oxygen atoms in total. The highest BCUT2D eigenvalue weighted by atomic mass is 19.1. The van der Waals surface area contributed by atoms with E-state index in [1.165, 1.54) is 6.07 Å². The Labute approximate surface area is 113 Å². The van der Waals surface area contributed by atoms with Gasteiger partial charge in [0.05, 0.1) is 6.26 Å². The molecule has 2 rings (SSSR count). The maximum atomic E-state index is 13.5. The van der Waals surface area contributed by atoms with Crippen LogP contribution in [0.1, 0.15) is 36.3 Å². The van der Waals surface area contributed by atoms with Gasteiger partial charge in [0.1, 0.15) is 11.6 Å². The predicted octanol–water partition coefficient (Wildman–Crippen LogP) is 4.01. The molecule has 1 heterocycles. The fourth-order valence-corrected chi connectivity index (χ4v) is 2.23. The average molecular weight is 261 g/mol. The minimum Gasteiger partial charge on any atom is -0.469 e. The molecule has 102 valence electrons. The van der Waals surface area contributed by atoms with Gasteiger partial charge in [-0.15, -0.1) is 0 Å².